The Kier molecular flexibility index (Phi) is 4.65. The highest BCUT2D eigenvalue weighted by Crippen LogP contribution is 2.21. The Morgan fingerprint density at radius 3 is 2.44 bits per heavy atom. The number of hydrogen-bond donors (Lipinski definition) is 1. The maximum atomic E-state index is 12.3. The number of nitrogens with zero attached hydrogens (tertiary/aromatic N) is 2. The van der Waals surface area contributed by atoms with Crippen molar-refractivity contribution in [3.8, 4) is 0 Å². The Morgan fingerprint density at radius 2 is 1.84 bits per heavy atom. The summed E-state index contributed by atoms with van der Waals surface area (Å²) in [6, 6.07) is 7.02. The SMILES string of the molecule is CC(C)c1ocnc1C(=O)Nc1ccc(CN2C(=O)CCC2=O)cc1. The number of aromatic nitrogens is 1. The number of hydrogen-bond acceptors (Lipinski definition) is 5. The van der Waals surface area contributed by atoms with Crippen molar-refractivity contribution in [3.63, 3.8) is 0 Å². The Labute approximate surface area is 145 Å². The summed E-state index contributed by atoms with van der Waals surface area (Å²) >= 11 is 0. The molecule has 0 atom stereocenters. The van der Waals surface area contributed by atoms with E-state index in [1.54, 1.807) is 24.3 Å². The molecule has 0 aliphatic carbocycles. The molecule has 1 fully saturated rings. The van der Waals surface area contributed by atoms with Crippen molar-refractivity contribution < 1.29 is 18.8 Å². The third kappa shape index (κ3) is 3.60. The van der Waals surface area contributed by atoms with Crippen molar-refractivity contribution in [3.05, 3.63) is 47.7 Å². The number of benzene rings is 1. The minimum Gasteiger partial charge on any atom is -0.447 e. The van der Waals surface area contributed by atoms with Crippen molar-refractivity contribution >= 4 is 23.4 Å². The second-order valence-corrected chi connectivity index (χ2v) is 6.24. The predicted molar refractivity (Wildman–Crippen MR) is 89.8 cm³/mol. The average Bonchev–Trinajstić information content (AvgIpc) is 3.19. The molecule has 0 saturated carbocycles. The van der Waals surface area contributed by atoms with Crippen LogP contribution in [-0.4, -0.2) is 27.6 Å². The molecular weight excluding hydrogens is 322 g/mol. The van der Waals surface area contributed by atoms with E-state index in [1.807, 2.05) is 13.8 Å². The van der Waals surface area contributed by atoms with E-state index in [1.165, 1.54) is 11.3 Å². The molecule has 0 radical (unpaired) electrons. The van der Waals surface area contributed by atoms with Gasteiger partial charge in [0.15, 0.2) is 12.1 Å². The van der Waals surface area contributed by atoms with Crippen LogP contribution in [0, 0.1) is 0 Å². The number of anilines is 1. The molecule has 3 rings (SSSR count). The van der Waals surface area contributed by atoms with E-state index in [0.717, 1.165) is 5.56 Å². The molecule has 1 saturated heterocycles. The van der Waals surface area contributed by atoms with Gasteiger partial charge in [0.05, 0.1) is 6.54 Å². The lowest BCUT2D eigenvalue weighted by Crippen LogP contribution is -2.28. The summed E-state index contributed by atoms with van der Waals surface area (Å²) in [7, 11) is 0. The first-order valence-electron chi connectivity index (χ1n) is 8.12. The van der Waals surface area contributed by atoms with E-state index in [4.69, 9.17) is 4.42 Å². The zero-order chi connectivity index (χ0) is 18.0. The van der Waals surface area contributed by atoms with Crippen LogP contribution in [0.2, 0.25) is 0 Å². The van der Waals surface area contributed by atoms with Gasteiger partial charge >= 0.3 is 0 Å². The van der Waals surface area contributed by atoms with Gasteiger partial charge < -0.3 is 9.73 Å². The number of imide groups is 1. The molecule has 0 spiro atoms. The van der Waals surface area contributed by atoms with E-state index < -0.39 is 0 Å². The van der Waals surface area contributed by atoms with Crippen molar-refractivity contribution in [2.45, 2.75) is 39.2 Å². The number of likely N-dealkylation sites (tertiary alicyclic amines) is 1. The lowest BCUT2D eigenvalue weighted by molar-refractivity contribution is -0.139. The van der Waals surface area contributed by atoms with Gasteiger partial charge in [-0.1, -0.05) is 26.0 Å². The number of nitrogens with one attached hydrogen (secondary N) is 1. The smallest absolute Gasteiger partial charge is 0.277 e. The van der Waals surface area contributed by atoms with Crippen LogP contribution in [0.3, 0.4) is 0 Å². The van der Waals surface area contributed by atoms with E-state index in [0.29, 0.717) is 11.4 Å². The number of carbonyl (C=O) groups is 3. The number of carbonyl (C=O) groups excluding carboxylic acids is 3. The van der Waals surface area contributed by atoms with Crippen LogP contribution in [-0.2, 0) is 16.1 Å². The standard InChI is InChI=1S/C18H19N3O4/c1-11(2)17-16(19-10-25-17)18(24)20-13-5-3-12(4-6-13)9-21-14(22)7-8-15(21)23/h3-6,10-11H,7-9H2,1-2H3,(H,20,24). The number of amides is 3. The van der Waals surface area contributed by atoms with Gasteiger partial charge in [-0.15, -0.1) is 0 Å². The van der Waals surface area contributed by atoms with Crippen LogP contribution in [0.4, 0.5) is 5.69 Å². The summed E-state index contributed by atoms with van der Waals surface area (Å²) in [4.78, 5) is 40.9. The fourth-order valence-electron chi connectivity index (χ4n) is 2.70. The molecule has 130 valence electrons. The minimum absolute atomic E-state index is 0.0566. The van der Waals surface area contributed by atoms with Crippen LogP contribution < -0.4 is 5.32 Å². The molecule has 25 heavy (non-hydrogen) atoms. The first-order chi connectivity index (χ1) is 12.0. The summed E-state index contributed by atoms with van der Waals surface area (Å²) in [5, 5.41) is 2.77. The second kappa shape index (κ2) is 6.88. The molecule has 1 N–H and O–H groups in total. The average molecular weight is 341 g/mol. The van der Waals surface area contributed by atoms with Gasteiger partial charge in [-0.3, -0.25) is 19.3 Å². The largest absolute Gasteiger partial charge is 0.447 e. The summed E-state index contributed by atoms with van der Waals surface area (Å²) < 4.78 is 5.26. The fourth-order valence-corrected chi connectivity index (χ4v) is 2.70. The van der Waals surface area contributed by atoms with E-state index in [2.05, 4.69) is 10.3 Å². The second-order valence-electron chi connectivity index (χ2n) is 6.24. The topological polar surface area (TPSA) is 92.5 Å². The molecule has 2 heterocycles. The Hall–Kier alpha value is -2.96. The summed E-state index contributed by atoms with van der Waals surface area (Å²) in [6.45, 7) is 4.10. The monoisotopic (exact) mass is 341 g/mol. The van der Waals surface area contributed by atoms with Crippen molar-refractivity contribution in [1.82, 2.24) is 9.88 Å². The number of oxazole rings is 1. The van der Waals surface area contributed by atoms with Crippen LogP contribution in [0.15, 0.2) is 35.1 Å². The molecule has 0 unspecified atom stereocenters. The highest BCUT2D eigenvalue weighted by molar-refractivity contribution is 6.03. The maximum Gasteiger partial charge on any atom is 0.277 e. The van der Waals surface area contributed by atoms with Crippen LogP contribution in [0.1, 0.15) is 54.4 Å². The first kappa shape index (κ1) is 16.9. The van der Waals surface area contributed by atoms with Gasteiger partial charge in [0.1, 0.15) is 5.76 Å². The highest BCUT2D eigenvalue weighted by atomic mass is 16.3. The van der Waals surface area contributed by atoms with Crippen LogP contribution >= 0.6 is 0 Å². The molecular formula is C18H19N3O4. The van der Waals surface area contributed by atoms with E-state index >= 15 is 0 Å². The highest BCUT2D eigenvalue weighted by Gasteiger charge is 2.28. The fraction of sp³-hybridized carbons (Fsp3) is 0.333. The number of rotatable bonds is 5. The lowest BCUT2D eigenvalue weighted by atomic mass is 10.1. The molecule has 3 amide bonds. The predicted octanol–water partition coefficient (Wildman–Crippen LogP) is 2.70. The van der Waals surface area contributed by atoms with Crippen molar-refractivity contribution in [2.24, 2.45) is 0 Å². The molecule has 0 bridgehead atoms. The van der Waals surface area contributed by atoms with E-state index in [9.17, 15) is 14.4 Å². The third-order valence-corrected chi connectivity index (χ3v) is 4.04. The van der Waals surface area contributed by atoms with Gasteiger partial charge in [0, 0.05) is 24.4 Å². The summed E-state index contributed by atoms with van der Waals surface area (Å²) in [6.07, 6.45) is 1.82. The molecule has 1 aromatic carbocycles. The van der Waals surface area contributed by atoms with Crippen LogP contribution in [0.25, 0.3) is 0 Å². The molecule has 1 aliphatic heterocycles. The van der Waals surface area contributed by atoms with Gasteiger partial charge in [-0.05, 0) is 17.7 Å². The van der Waals surface area contributed by atoms with Gasteiger partial charge in [-0.2, -0.15) is 0 Å². The minimum atomic E-state index is -0.338. The maximum absolute atomic E-state index is 12.3. The van der Waals surface area contributed by atoms with Crippen molar-refractivity contribution in [1.29, 1.82) is 0 Å². The van der Waals surface area contributed by atoms with Crippen LogP contribution in [0.5, 0.6) is 0 Å². The van der Waals surface area contributed by atoms with Gasteiger partial charge in [0.25, 0.3) is 5.91 Å². The molecule has 1 aromatic heterocycles. The Morgan fingerprint density at radius 1 is 1.20 bits per heavy atom. The van der Waals surface area contributed by atoms with Gasteiger partial charge in [0.2, 0.25) is 11.8 Å². The Balaban J connectivity index is 1.66. The van der Waals surface area contributed by atoms with E-state index in [-0.39, 0.29) is 48.7 Å². The first-order valence-corrected chi connectivity index (χ1v) is 8.12. The van der Waals surface area contributed by atoms with Gasteiger partial charge in [-0.25, -0.2) is 4.98 Å². The molecule has 7 heteroatoms. The normalized spacial score (nSPS) is 14.4. The van der Waals surface area contributed by atoms with Crippen molar-refractivity contribution in [2.75, 3.05) is 5.32 Å². The lowest BCUT2D eigenvalue weighted by Gasteiger charge is -2.14. The zero-order valence-corrected chi connectivity index (χ0v) is 14.1. The quantitative estimate of drug-likeness (QED) is 0.844. The Bertz CT molecular complexity index is 792. The summed E-state index contributed by atoms with van der Waals surface area (Å²) in [5.74, 6) is -0.0271. The molecule has 7 nitrogen and oxygen atoms in total. The zero-order valence-electron chi connectivity index (χ0n) is 14.1. The molecule has 1 aliphatic rings. The summed E-state index contributed by atoms with van der Waals surface area (Å²) in [5.41, 5.74) is 1.70. The molecule has 2 aromatic rings. The third-order valence-electron chi connectivity index (χ3n) is 4.04.